The Kier molecular flexibility index (Phi) is 8.67. The van der Waals surface area contributed by atoms with Crippen LogP contribution in [0.5, 0.6) is 11.5 Å². The molecule has 0 aliphatic heterocycles. The second kappa shape index (κ2) is 11.5. The molecule has 8 heteroatoms. The van der Waals surface area contributed by atoms with E-state index >= 15 is 0 Å². The second-order valence-electron chi connectivity index (χ2n) is 7.02. The van der Waals surface area contributed by atoms with Gasteiger partial charge in [0.05, 0.1) is 21.8 Å². The maximum atomic E-state index is 12.3. The van der Waals surface area contributed by atoms with Gasteiger partial charge in [0.1, 0.15) is 0 Å². The standard InChI is InChI=1S/C24H23BrCl2N2O3/c1-3-31-22-11-16(13-28-21-9-6-17(26)12-20(21)27)10-19(25)24(22)32-14-23(30)29-18-7-4-15(2)5-8-18/h4-12,28H,3,13-14H2,1-2H3,(H,29,30). The Bertz CT molecular complexity index is 1090. The van der Waals surface area contributed by atoms with Crippen LogP contribution in [0.15, 0.2) is 59.1 Å². The van der Waals surface area contributed by atoms with Crippen LogP contribution in [0.25, 0.3) is 0 Å². The zero-order chi connectivity index (χ0) is 23.1. The highest BCUT2D eigenvalue weighted by molar-refractivity contribution is 9.10. The van der Waals surface area contributed by atoms with Crippen LogP contribution in [0.4, 0.5) is 11.4 Å². The van der Waals surface area contributed by atoms with Crippen molar-refractivity contribution in [3.8, 4) is 11.5 Å². The van der Waals surface area contributed by atoms with Crippen molar-refractivity contribution >= 4 is 56.4 Å². The van der Waals surface area contributed by atoms with E-state index in [9.17, 15) is 4.79 Å². The molecule has 3 aromatic carbocycles. The van der Waals surface area contributed by atoms with Crippen molar-refractivity contribution < 1.29 is 14.3 Å². The van der Waals surface area contributed by atoms with E-state index in [-0.39, 0.29) is 12.5 Å². The van der Waals surface area contributed by atoms with Crippen molar-refractivity contribution in [2.75, 3.05) is 23.8 Å². The number of amides is 1. The lowest BCUT2D eigenvalue weighted by Gasteiger charge is -2.16. The fraction of sp³-hybridized carbons (Fsp3) is 0.208. The number of halogens is 3. The van der Waals surface area contributed by atoms with Gasteiger partial charge in [-0.25, -0.2) is 0 Å². The first-order valence-corrected chi connectivity index (χ1v) is 11.5. The largest absolute Gasteiger partial charge is 0.490 e. The van der Waals surface area contributed by atoms with E-state index in [0.29, 0.717) is 39.2 Å². The molecule has 0 aromatic heterocycles. The fourth-order valence-corrected chi connectivity index (χ4v) is 4.01. The van der Waals surface area contributed by atoms with E-state index in [4.69, 9.17) is 32.7 Å². The molecule has 0 heterocycles. The number of carbonyl (C=O) groups is 1. The van der Waals surface area contributed by atoms with E-state index < -0.39 is 0 Å². The van der Waals surface area contributed by atoms with E-state index in [1.165, 1.54) is 0 Å². The summed E-state index contributed by atoms with van der Waals surface area (Å²) in [5.74, 6) is 0.759. The summed E-state index contributed by atoms with van der Waals surface area (Å²) in [5.41, 5.74) is 3.56. The van der Waals surface area contributed by atoms with Gasteiger partial charge in [-0.15, -0.1) is 0 Å². The third-order valence-corrected chi connectivity index (χ3v) is 5.60. The molecule has 0 spiro atoms. The molecule has 0 unspecified atom stereocenters. The molecule has 168 valence electrons. The minimum absolute atomic E-state index is 0.148. The Labute approximate surface area is 206 Å². The van der Waals surface area contributed by atoms with Crippen molar-refractivity contribution in [3.63, 3.8) is 0 Å². The minimum atomic E-state index is -0.258. The maximum Gasteiger partial charge on any atom is 0.262 e. The average molecular weight is 538 g/mol. The van der Waals surface area contributed by atoms with Gasteiger partial charge < -0.3 is 20.1 Å². The molecule has 0 fully saturated rings. The first-order chi connectivity index (χ1) is 15.4. The molecule has 0 radical (unpaired) electrons. The molecule has 0 aliphatic carbocycles. The third-order valence-electron chi connectivity index (χ3n) is 4.47. The molecular formula is C24H23BrCl2N2O3. The highest BCUT2D eigenvalue weighted by Gasteiger charge is 2.15. The predicted molar refractivity (Wildman–Crippen MR) is 134 cm³/mol. The summed E-state index contributed by atoms with van der Waals surface area (Å²) in [6.07, 6.45) is 0. The topological polar surface area (TPSA) is 59.6 Å². The van der Waals surface area contributed by atoms with Crippen molar-refractivity contribution in [1.29, 1.82) is 0 Å². The number of anilines is 2. The molecule has 0 aliphatic rings. The molecule has 5 nitrogen and oxygen atoms in total. The summed E-state index contributed by atoms with van der Waals surface area (Å²) in [6.45, 7) is 4.70. The number of hydrogen-bond acceptors (Lipinski definition) is 4. The van der Waals surface area contributed by atoms with Gasteiger partial charge in [0.15, 0.2) is 18.1 Å². The first-order valence-electron chi connectivity index (χ1n) is 9.99. The van der Waals surface area contributed by atoms with Crippen molar-refractivity contribution in [2.45, 2.75) is 20.4 Å². The molecule has 3 rings (SSSR count). The Balaban J connectivity index is 1.67. The number of rotatable bonds is 9. The van der Waals surface area contributed by atoms with Crippen LogP contribution in [0.2, 0.25) is 10.0 Å². The second-order valence-corrected chi connectivity index (χ2v) is 8.72. The molecule has 0 saturated carbocycles. The van der Waals surface area contributed by atoms with Crippen molar-refractivity contribution in [2.24, 2.45) is 0 Å². The Morgan fingerprint density at radius 2 is 1.78 bits per heavy atom. The number of ether oxygens (including phenoxy) is 2. The van der Waals surface area contributed by atoms with Gasteiger partial charge in [-0.1, -0.05) is 40.9 Å². The summed E-state index contributed by atoms with van der Waals surface area (Å²) in [5, 5.41) is 7.22. The lowest BCUT2D eigenvalue weighted by atomic mass is 10.2. The minimum Gasteiger partial charge on any atom is -0.490 e. The van der Waals surface area contributed by atoms with E-state index in [0.717, 1.165) is 22.5 Å². The summed E-state index contributed by atoms with van der Waals surface area (Å²) < 4.78 is 12.2. The third kappa shape index (κ3) is 6.79. The van der Waals surface area contributed by atoms with E-state index in [1.54, 1.807) is 12.1 Å². The lowest BCUT2D eigenvalue weighted by Crippen LogP contribution is -2.20. The molecule has 0 atom stereocenters. The highest BCUT2D eigenvalue weighted by Crippen LogP contribution is 2.37. The van der Waals surface area contributed by atoms with Crippen LogP contribution in [0, 0.1) is 6.92 Å². The smallest absolute Gasteiger partial charge is 0.262 e. The van der Waals surface area contributed by atoms with Gasteiger partial charge in [-0.05, 0) is 77.8 Å². The molecular weight excluding hydrogens is 515 g/mol. The number of benzene rings is 3. The zero-order valence-electron chi connectivity index (χ0n) is 17.7. The highest BCUT2D eigenvalue weighted by atomic mass is 79.9. The molecule has 32 heavy (non-hydrogen) atoms. The van der Waals surface area contributed by atoms with Crippen LogP contribution in [-0.2, 0) is 11.3 Å². The number of carbonyl (C=O) groups excluding carboxylic acids is 1. The van der Waals surface area contributed by atoms with Crippen LogP contribution < -0.4 is 20.1 Å². The van der Waals surface area contributed by atoms with Crippen molar-refractivity contribution in [3.05, 3.63) is 80.2 Å². The van der Waals surface area contributed by atoms with Gasteiger partial charge in [0, 0.05) is 17.3 Å². The Morgan fingerprint density at radius 1 is 1.03 bits per heavy atom. The SMILES string of the molecule is CCOc1cc(CNc2ccc(Cl)cc2Cl)cc(Br)c1OCC(=O)Nc1ccc(C)cc1. The van der Waals surface area contributed by atoms with Crippen LogP contribution >= 0.6 is 39.1 Å². The van der Waals surface area contributed by atoms with Gasteiger partial charge in [-0.3, -0.25) is 4.79 Å². The number of nitrogens with one attached hydrogen (secondary N) is 2. The predicted octanol–water partition coefficient (Wildman–Crippen LogP) is 7.09. The monoisotopic (exact) mass is 536 g/mol. The maximum absolute atomic E-state index is 12.3. The molecule has 2 N–H and O–H groups in total. The molecule has 3 aromatic rings. The zero-order valence-corrected chi connectivity index (χ0v) is 20.8. The van der Waals surface area contributed by atoms with Crippen LogP contribution in [-0.4, -0.2) is 19.1 Å². The number of aryl methyl sites for hydroxylation is 1. The van der Waals surface area contributed by atoms with Crippen molar-refractivity contribution in [1.82, 2.24) is 0 Å². The van der Waals surface area contributed by atoms with Gasteiger partial charge >= 0.3 is 0 Å². The Hall–Kier alpha value is -2.41. The average Bonchev–Trinajstić information content (AvgIpc) is 2.74. The number of hydrogen-bond donors (Lipinski definition) is 2. The quantitative estimate of drug-likeness (QED) is 0.306. The van der Waals surface area contributed by atoms with Crippen LogP contribution in [0.3, 0.4) is 0 Å². The molecule has 0 saturated heterocycles. The van der Waals surface area contributed by atoms with Gasteiger partial charge in [0.2, 0.25) is 0 Å². The molecule has 1 amide bonds. The summed E-state index contributed by atoms with van der Waals surface area (Å²) in [7, 11) is 0. The fourth-order valence-electron chi connectivity index (χ4n) is 2.93. The van der Waals surface area contributed by atoms with Gasteiger partial charge in [0.25, 0.3) is 5.91 Å². The lowest BCUT2D eigenvalue weighted by molar-refractivity contribution is -0.118. The van der Waals surface area contributed by atoms with Crippen LogP contribution in [0.1, 0.15) is 18.1 Å². The normalized spacial score (nSPS) is 10.5. The summed E-state index contributed by atoms with van der Waals surface area (Å²) >= 11 is 15.7. The van der Waals surface area contributed by atoms with E-state index in [2.05, 4.69) is 26.6 Å². The summed E-state index contributed by atoms with van der Waals surface area (Å²) in [6, 6.07) is 16.6. The first kappa shape index (κ1) is 24.2. The van der Waals surface area contributed by atoms with Gasteiger partial charge in [-0.2, -0.15) is 0 Å². The summed E-state index contributed by atoms with van der Waals surface area (Å²) in [4.78, 5) is 12.3. The van der Waals surface area contributed by atoms with E-state index in [1.807, 2.05) is 56.3 Å². The Morgan fingerprint density at radius 3 is 2.47 bits per heavy atom. The molecule has 0 bridgehead atoms.